The van der Waals surface area contributed by atoms with Gasteiger partial charge in [0.2, 0.25) is 0 Å². The number of hydrogen-bond donors (Lipinski definition) is 1. The van der Waals surface area contributed by atoms with E-state index in [9.17, 15) is 4.79 Å². The van der Waals surface area contributed by atoms with Crippen LogP contribution in [0.5, 0.6) is 11.5 Å². The van der Waals surface area contributed by atoms with E-state index in [1.807, 2.05) is 6.07 Å². The smallest absolute Gasteiger partial charge is 0.162 e. The molecule has 7 heteroatoms. The first-order valence-corrected chi connectivity index (χ1v) is 6.45. The maximum Gasteiger partial charge on any atom is 0.162 e. The van der Waals surface area contributed by atoms with E-state index in [2.05, 4.69) is 5.10 Å². The summed E-state index contributed by atoms with van der Waals surface area (Å²) in [5, 5.41) is 4.33. The summed E-state index contributed by atoms with van der Waals surface area (Å²) in [6.07, 6.45) is 0.695. The van der Waals surface area contributed by atoms with Gasteiger partial charge in [0, 0.05) is 12.7 Å². The van der Waals surface area contributed by atoms with Crippen LogP contribution in [0, 0.1) is 0 Å². The summed E-state index contributed by atoms with van der Waals surface area (Å²) in [4.78, 5) is 11.3. The van der Waals surface area contributed by atoms with Gasteiger partial charge in [0.15, 0.2) is 17.8 Å². The molecule has 110 valence electrons. The van der Waals surface area contributed by atoms with E-state index in [-0.39, 0.29) is 12.5 Å². The van der Waals surface area contributed by atoms with Crippen LogP contribution in [0.2, 0.25) is 0 Å². The zero-order valence-corrected chi connectivity index (χ0v) is 11.5. The van der Waals surface area contributed by atoms with E-state index >= 15 is 0 Å². The average molecular weight is 289 g/mol. The highest BCUT2D eigenvalue weighted by Gasteiger charge is 2.19. The second-order valence-electron chi connectivity index (χ2n) is 4.54. The van der Waals surface area contributed by atoms with Gasteiger partial charge in [0.1, 0.15) is 31.5 Å². The Morgan fingerprint density at radius 1 is 1.38 bits per heavy atom. The molecule has 1 aliphatic heterocycles. The number of rotatable bonds is 4. The van der Waals surface area contributed by atoms with Gasteiger partial charge in [-0.25, -0.2) is 4.68 Å². The average Bonchev–Trinajstić information content (AvgIpc) is 2.83. The summed E-state index contributed by atoms with van der Waals surface area (Å²) in [5.41, 5.74) is 7.48. The molecule has 0 saturated carbocycles. The molecular formula is C14H15N3O4. The Kier molecular flexibility index (Phi) is 3.49. The molecule has 0 amide bonds. The summed E-state index contributed by atoms with van der Waals surface area (Å²) in [5.74, 6) is 1.59. The van der Waals surface area contributed by atoms with Crippen LogP contribution in [0.15, 0.2) is 18.2 Å². The van der Waals surface area contributed by atoms with Gasteiger partial charge < -0.3 is 19.9 Å². The van der Waals surface area contributed by atoms with Crippen molar-refractivity contribution in [3.63, 3.8) is 0 Å². The predicted octanol–water partition coefficient (Wildman–Crippen LogP) is 1.32. The minimum Gasteiger partial charge on any atom is -0.486 e. The molecule has 3 rings (SSSR count). The number of nitrogens with zero attached hydrogens (tertiary/aromatic N) is 2. The highest BCUT2D eigenvalue weighted by molar-refractivity contribution is 5.91. The zero-order valence-electron chi connectivity index (χ0n) is 11.5. The number of carbonyl (C=O) groups is 1. The fraction of sp³-hybridized carbons (Fsp3) is 0.286. The highest BCUT2D eigenvalue weighted by Crippen LogP contribution is 2.35. The quantitative estimate of drug-likeness (QED) is 0.854. The third-order valence-corrected chi connectivity index (χ3v) is 3.21. The number of carbonyl (C=O) groups excluding carboxylic acids is 1. The van der Waals surface area contributed by atoms with Crippen LogP contribution in [-0.4, -0.2) is 36.4 Å². The van der Waals surface area contributed by atoms with Crippen LogP contribution < -0.4 is 15.2 Å². The molecule has 0 atom stereocenters. The van der Waals surface area contributed by atoms with Crippen molar-refractivity contribution in [3.8, 4) is 22.8 Å². The SMILES string of the molecule is COCn1nc(-c2ccc3c(c2)OCCO3)c(C=O)c1N. The van der Waals surface area contributed by atoms with Gasteiger partial charge in [-0.3, -0.25) is 4.79 Å². The Bertz CT molecular complexity index is 681. The number of aldehydes is 1. The summed E-state index contributed by atoms with van der Waals surface area (Å²) in [6.45, 7) is 1.20. The van der Waals surface area contributed by atoms with E-state index < -0.39 is 0 Å². The lowest BCUT2D eigenvalue weighted by atomic mass is 10.1. The summed E-state index contributed by atoms with van der Waals surface area (Å²) < 4.78 is 17.5. The summed E-state index contributed by atoms with van der Waals surface area (Å²) in [6, 6.07) is 5.41. The van der Waals surface area contributed by atoms with Gasteiger partial charge in [0.05, 0.1) is 5.56 Å². The van der Waals surface area contributed by atoms with Crippen molar-refractivity contribution in [2.24, 2.45) is 0 Å². The molecule has 1 aromatic carbocycles. The Morgan fingerprint density at radius 2 is 2.14 bits per heavy atom. The number of fused-ring (bicyclic) bond motifs is 1. The van der Waals surface area contributed by atoms with Gasteiger partial charge in [-0.1, -0.05) is 0 Å². The van der Waals surface area contributed by atoms with E-state index in [0.29, 0.717) is 42.3 Å². The fourth-order valence-electron chi connectivity index (χ4n) is 2.23. The van der Waals surface area contributed by atoms with Gasteiger partial charge >= 0.3 is 0 Å². The molecule has 1 aromatic heterocycles. The van der Waals surface area contributed by atoms with Crippen LogP contribution in [0.1, 0.15) is 10.4 Å². The van der Waals surface area contributed by atoms with Crippen molar-refractivity contribution in [1.29, 1.82) is 0 Å². The van der Waals surface area contributed by atoms with Crippen molar-refractivity contribution < 1.29 is 19.0 Å². The topological polar surface area (TPSA) is 88.6 Å². The first kappa shape index (κ1) is 13.4. The second kappa shape index (κ2) is 5.45. The predicted molar refractivity (Wildman–Crippen MR) is 75.5 cm³/mol. The van der Waals surface area contributed by atoms with Crippen molar-refractivity contribution in [3.05, 3.63) is 23.8 Å². The standard InChI is InChI=1S/C14H15N3O4/c1-19-8-17-14(15)10(7-18)13(16-17)9-2-3-11-12(6-9)21-5-4-20-11/h2-3,6-7H,4-5,8,15H2,1H3. The Hall–Kier alpha value is -2.54. The molecular weight excluding hydrogens is 274 g/mol. The monoisotopic (exact) mass is 289 g/mol. The van der Waals surface area contributed by atoms with Crippen LogP contribution in [0.25, 0.3) is 11.3 Å². The Labute approximate surface area is 121 Å². The van der Waals surface area contributed by atoms with Gasteiger partial charge in [0.25, 0.3) is 0 Å². The number of methoxy groups -OCH3 is 1. The number of nitrogen functional groups attached to an aromatic ring is 1. The molecule has 7 nitrogen and oxygen atoms in total. The molecule has 0 fully saturated rings. The lowest BCUT2D eigenvalue weighted by Crippen LogP contribution is -2.15. The molecule has 21 heavy (non-hydrogen) atoms. The molecule has 2 N–H and O–H groups in total. The van der Waals surface area contributed by atoms with Crippen molar-refractivity contribution in [2.75, 3.05) is 26.1 Å². The third-order valence-electron chi connectivity index (χ3n) is 3.21. The number of hydrogen-bond acceptors (Lipinski definition) is 6. The maximum atomic E-state index is 11.3. The lowest BCUT2D eigenvalue weighted by molar-refractivity contribution is 0.112. The molecule has 0 unspecified atom stereocenters. The number of nitrogens with two attached hydrogens (primary N) is 1. The Balaban J connectivity index is 2.07. The van der Waals surface area contributed by atoms with E-state index in [4.69, 9.17) is 19.9 Å². The molecule has 0 radical (unpaired) electrons. The van der Waals surface area contributed by atoms with Crippen LogP contribution >= 0.6 is 0 Å². The second-order valence-corrected chi connectivity index (χ2v) is 4.54. The summed E-state index contributed by atoms with van der Waals surface area (Å²) in [7, 11) is 1.53. The number of ether oxygens (including phenoxy) is 3. The van der Waals surface area contributed by atoms with Crippen LogP contribution in [-0.2, 0) is 11.5 Å². The van der Waals surface area contributed by atoms with Crippen molar-refractivity contribution >= 4 is 12.1 Å². The first-order valence-electron chi connectivity index (χ1n) is 6.45. The van der Waals surface area contributed by atoms with Gasteiger partial charge in [-0.15, -0.1) is 0 Å². The zero-order chi connectivity index (χ0) is 14.8. The molecule has 0 saturated heterocycles. The molecule has 0 spiro atoms. The number of aromatic nitrogens is 2. The van der Waals surface area contributed by atoms with Crippen LogP contribution in [0.3, 0.4) is 0 Å². The van der Waals surface area contributed by atoms with Crippen molar-refractivity contribution in [1.82, 2.24) is 9.78 Å². The third kappa shape index (κ3) is 2.31. The number of benzene rings is 1. The Morgan fingerprint density at radius 3 is 2.86 bits per heavy atom. The van der Waals surface area contributed by atoms with E-state index in [1.54, 1.807) is 12.1 Å². The maximum absolute atomic E-state index is 11.3. The highest BCUT2D eigenvalue weighted by atomic mass is 16.6. The van der Waals surface area contributed by atoms with Crippen LogP contribution in [0.4, 0.5) is 5.82 Å². The van der Waals surface area contributed by atoms with E-state index in [1.165, 1.54) is 11.8 Å². The minimum atomic E-state index is 0.178. The largest absolute Gasteiger partial charge is 0.486 e. The fourth-order valence-corrected chi connectivity index (χ4v) is 2.23. The first-order chi connectivity index (χ1) is 10.2. The molecule has 0 bridgehead atoms. The molecule has 1 aliphatic rings. The van der Waals surface area contributed by atoms with Gasteiger partial charge in [-0.05, 0) is 18.2 Å². The molecule has 2 aromatic rings. The minimum absolute atomic E-state index is 0.178. The molecule has 2 heterocycles. The normalized spacial score (nSPS) is 13.2. The summed E-state index contributed by atoms with van der Waals surface area (Å²) >= 11 is 0. The molecule has 0 aliphatic carbocycles. The lowest BCUT2D eigenvalue weighted by Gasteiger charge is -2.18. The number of anilines is 1. The van der Waals surface area contributed by atoms with Gasteiger partial charge in [-0.2, -0.15) is 5.10 Å². The van der Waals surface area contributed by atoms with E-state index in [0.717, 1.165) is 5.56 Å². The van der Waals surface area contributed by atoms with Crippen molar-refractivity contribution in [2.45, 2.75) is 6.73 Å².